The quantitative estimate of drug-likeness (QED) is 0.279. The van der Waals surface area contributed by atoms with E-state index in [2.05, 4.69) is 36.4 Å². The summed E-state index contributed by atoms with van der Waals surface area (Å²) in [6.07, 6.45) is 3.70. The molecule has 0 aromatic heterocycles. The van der Waals surface area contributed by atoms with E-state index in [9.17, 15) is 14.4 Å². The second-order valence-electron chi connectivity index (χ2n) is 8.16. The number of carbonyl (C=O) groups is 3. The highest BCUT2D eigenvalue weighted by molar-refractivity contribution is 5.99. The number of amides is 5. The standard InChI is InChI=1S/C22H39N7O3.C2H6/c1-23-20(30)17-14-18(26-21(31)24-10-6-8-12-28(2)3)16-19(15-17)27-22(32)25-11-7-9-13-29(4)5;1-2/h14-16H,6-13H2,1-5H3,(H,23,30)(H2,24,26,31)(H2,25,27,32);1-2H3. The molecule has 0 radical (unpaired) electrons. The van der Waals surface area contributed by atoms with Crippen LogP contribution in [0, 0.1) is 0 Å². The Labute approximate surface area is 205 Å². The molecule has 1 rings (SSSR count). The molecule has 0 fully saturated rings. The van der Waals surface area contributed by atoms with E-state index < -0.39 is 0 Å². The smallest absolute Gasteiger partial charge is 0.319 e. The summed E-state index contributed by atoms with van der Waals surface area (Å²) < 4.78 is 0. The summed E-state index contributed by atoms with van der Waals surface area (Å²) in [5.41, 5.74) is 1.16. The molecular formula is C24H45N7O3. The number of unbranched alkanes of at least 4 members (excludes halogenated alkanes) is 2. The van der Waals surface area contributed by atoms with E-state index in [1.807, 2.05) is 42.0 Å². The molecule has 10 heteroatoms. The molecule has 0 aliphatic rings. The molecule has 5 N–H and O–H groups in total. The van der Waals surface area contributed by atoms with E-state index in [0.717, 1.165) is 38.8 Å². The Bertz CT molecular complexity index is 689. The van der Waals surface area contributed by atoms with Crippen molar-refractivity contribution in [2.75, 3.05) is 72.1 Å². The third kappa shape index (κ3) is 15.1. The maximum absolute atomic E-state index is 12.2. The second kappa shape index (κ2) is 18.6. The average Bonchev–Trinajstić information content (AvgIpc) is 2.78. The SMILES string of the molecule is CC.CNC(=O)c1cc(NC(=O)NCCCCN(C)C)cc(NC(=O)NCCCCN(C)C)c1. The zero-order chi connectivity index (χ0) is 25.9. The van der Waals surface area contributed by atoms with Crippen molar-refractivity contribution in [2.45, 2.75) is 39.5 Å². The molecule has 0 spiro atoms. The van der Waals surface area contributed by atoms with Crippen molar-refractivity contribution < 1.29 is 14.4 Å². The first-order chi connectivity index (χ1) is 16.2. The van der Waals surface area contributed by atoms with Gasteiger partial charge in [-0.2, -0.15) is 0 Å². The van der Waals surface area contributed by atoms with E-state index in [1.54, 1.807) is 18.2 Å². The van der Waals surface area contributed by atoms with Crippen molar-refractivity contribution in [1.29, 1.82) is 0 Å². The molecule has 0 aliphatic heterocycles. The molecule has 0 saturated heterocycles. The third-order valence-electron chi connectivity index (χ3n) is 4.57. The minimum atomic E-state index is -0.361. The second-order valence-corrected chi connectivity index (χ2v) is 8.16. The summed E-state index contributed by atoms with van der Waals surface area (Å²) in [5, 5.41) is 13.6. The van der Waals surface area contributed by atoms with Crippen LogP contribution in [0.2, 0.25) is 0 Å². The zero-order valence-electron chi connectivity index (χ0n) is 22.0. The van der Waals surface area contributed by atoms with Crippen molar-refractivity contribution in [3.8, 4) is 0 Å². The Hall–Kier alpha value is -2.85. The number of hydrogen-bond acceptors (Lipinski definition) is 5. The van der Waals surface area contributed by atoms with Crippen LogP contribution in [-0.2, 0) is 0 Å². The number of benzene rings is 1. The first-order valence-electron chi connectivity index (χ1n) is 12.0. The molecule has 5 amide bonds. The van der Waals surface area contributed by atoms with Crippen LogP contribution < -0.4 is 26.6 Å². The van der Waals surface area contributed by atoms with Gasteiger partial charge in [-0.15, -0.1) is 0 Å². The number of nitrogens with one attached hydrogen (secondary N) is 5. The van der Waals surface area contributed by atoms with Gasteiger partial charge in [-0.05, 0) is 85.2 Å². The molecule has 0 unspecified atom stereocenters. The van der Waals surface area contributed by atoms with Crippen LogP contribution in [0.4, 0.5) is 21.0 Å². The molecule has 194 valence electrons. The van der Waals surface area contributed by atoms with Gasteiger partial charge in [-0.25, -0.2) is 9.59 Å². The number of urea groups is 2. The first kappa shape index (κ1) is 31.1. The van der Waals surface area contributed by atoms with E-state index in [0.29, 0.717) is 30.0 Å². The largest absolute Gasteiger partial charge is 0.355 e. The van der Waals surface area contributed by atoms with Crippen LogP contribution in [0.5, 0.6) is 0 Å². The van der Waals surface area contributed by atoms with Crippen LogP contribution in [-0.4, -0.2) is 89.2 Å². The minimum Gasteiger partial charge on any atom is -0.355 e. The Morgan fingerprint density at radius 3 is 1.47 bits per heavy atom. The lowest BCUT2D eigenvalue weighted by Gasteiger charge is -2.13. The average molecular weight is 480 g/mol. The monoisotopic (exact) mass is 479 g/mol. The minimum absolute atomic E-state index is 0.315. The molecule has 0 saturated carbocycles. The zero-order valence-corrected chi connectivity index (χ0v) is 22.0. The number of hydrogen-bond donors (Lipinski definition) is 5. The Morgan fingerprint density at radius 2 is 1.12 bits per heavy atom. The predicted molar refractivity (Wildman–Crippen MR) is 141 cm³/mol. The van der Waals surface area contributed by atoms with Crippen molar-refractivity contribution in [2.24, 2.45) is 0 Å². The van der Waals surface area contributed by atoms with Crippen LogP contribution in [0.3, 0.4) is 0 Å². The highest BCUT2D eigenvalue weighted by Crippen LogP contribution is 2.19. The van der Waals surface area contributed by atoms with Gasteiger partial charge in [0, 0.05) is 37.1 Å². The normalized spacial score (nSPS) is 10.3. The van der Waals surface area contributed by atoms with Crippen molar-refractivity contribution in [1.82, 2.24) is 25.8 Å². The van der Waals surface area contributed by atoms with Gasteiger partial charge in [0.25, 0.3) is 5.91 Å². The summed E-state index contributed by atoms with van der Waals surface area (Å²) in [7, 11) is 9.57. The molecule has 1 aromatic carbocycles. The van der Waals surface area contributed by atoms with Gasteiger partial charge in [-0.1, -0.05) is 13.8 Å². The Morgan fingerprint density at radius 1 is 0.706 bits per heavy atom. The summed E-state index contributed by atoms with van der Waals surface area (Å²) in [6, 6.07) is 4.02. The van der Waals surface area contributed by atoms with E-state index in [-0.39, 0.29) is 18.0 Å². The van der Waals surface area contributed by atoms with E-state index in [4.69, 9.17) is 0 Å². The van der Waals surface area contributed by atoms with Gasteiger partial charge in [0.2, 0.25) is 0 Å². The third-order valence-corrected chi connectivity index (χ3v) is 4.57. The van der Waals surface area contributed by atoms with Gasteiger partial charge in [-0.3, -0.25) is 4.79 Å². The molecule has 34 heavy (non-hydrogen) atoms. The van der Waals surface area contributed by atoms with Gasteiger partial charge in [0.1, 0.15) is 0 Å². The molecular weight excluding hydrogens is 434 g/mol. The lowest BCUT2D eigenvalue weighted by molar-refractivity contribution is 0.0963. The molecule has 0 atom stereocenters. The Kier molecular flexibility index (Phi) is 17.0. The highest BCUT2D eigenvalue weighted by Gasteiger charge is 2.11. The number of carbonyl (C=O) groups excluding carboxylic acids is 3. The number of nitrogens with zero attached hydrogens (tertiary/aromatic N) is 2. The number of rotatable bonds is 13. The highest BCUT2D eigenvalue weighted by atomic mass is 16.2. The van der Waals surface area contributed by atoms with Crippen LogP contribution in [0.15, 0.2) is 18.2 Å². The lowest BCUT2D eigenvalue weighted by Crippen LogP contribution is -2.31. The van der Waals surface area contributed by atoms with Crippen molar-refractivity contribution in [3.05, 3.63) is 23.8 Å². The fourth-order valence-electron chi connectivity index (χ4n) is 2.91. The molecule has 1 aromatic rings. The fourth-order valence-corrected chi connectivity index (χ4v) is 2.91. The fraction of sp³-hybridized carbons (Fsp3) is 0.625. The molecule has 0 heterocycles. The van der Waals surface area contributed by atoms with Crippen LogP contribution in [0.25, 0.3) is 0 Å². The summed E-state index contributed by atoms with van der Waals surface area (Å²) in [6.45, 7) is 7.03. The van der Waals surface area contributed by atoms with Crippen LogP contribution in [0.1, 0.15) is 49.9 Å². The van der Waals surface area contributed by atoms with Gasteiger partial charge in [0.15, 0.2) is 0 Å². The summed E-state index contributed by atoms with van der Waals surface area (Å²) >= 11 is 0. The van der Waals surface area contributed by atoms with Crippen molar-refractivity contribution >= 4 is 29.3 Å². The van der Waals surface area contributed by atoms with Crippen molar-refractivity contribution in [3.63, 3.8) is 0 Å². The molecule has 0 bridgehead atoms. The molecule has 10 nitrogen and oxygen atoms in total. The maximum atomic E-state index is 12.2. The summed E-state index contributed by atoms with van der Waals surface area (Å²) in [5.74, 6) is -0.315. The Balaban J connectivity index is 0.00000529. The topological polar surface area (TPSA) is 118 Å². The maximum Gasteiger partial charge on any atom is 0.319 e. The molecule has 0 aliphatic carbocycles. The first-order valence-corrected chi connectivity index (χ1v) is 12.0. The van der Waals surface area contributed by atoms with Gasteiger partial charge in [0.05, 0.1) is 0 Å². The van der Waals surface area contributed by atoms with Gasteiger partial charge >= 0.3 is 12.1 Å². The van der Waals surface area contributed by atoms with Crippen LogP contribution >= 0.6 is 0 Å². The van der Waals surface area contributed by atoms with Gasteiger partial charge < -0.3 is 36.4 Å². The number of anilines is 2. The van der Waals surface area contributed by atoms with E-state index in [1.165, 1.54) is 7.05 Å². The van der Waals surface area contributed by atoms with E-state index >= 15 is 0 Å². The lowest BCUT2D eigenvalue weighted by atomic mass is 10.1. The summed E-state index contributed by atoms with van der Waals surface area (Å²) in [4.78, 5) is 40.7. The predicted octanol–water partition coefficient (Wildman–Crippen LogP) is 3.00.